The maximum absolute atomic E-state index is 12.0. The molecule has 0 spiro atoms. The number of carbonyl (C=O) groups excluding carboxylic acids is 1. The molecule has 2 heterocycles. The molecule has 2 fully saturated rings. The largest absolute Gasteiger partial charge is 0.357 e. The van der Waals surface area contributed by atoms with Gasteiger partial charge in [-0.3, -0.25) is 9.69 Å². The van der Waals surface area contributed by atoms with Gasteiger partial charge in [0.25, 0.3) is 0 Å². The van der Waals surface area contributed by atoms with Crippen molar-refractivity contribution in [2.45, 2.75) is 52.7 Å². The molecule has 1 amide bonds. The third kappa shape index (κ3) is 6.22. The molecule has 0 aromatic carbocycles. The van der Waals surface area contributed by atoms with Crippen LogP contribution in [0.5, 0.6) is 0 Å². The SMILES string of the molecule is CCNC(=NCc1nccn1CC(C)C)N1CCN(CC(=O)NC2CC2)CC1. The Bertz CT molecular complexity index is 657. The fraction of sp³-hybridized carbons (Fsp3) is 0.750. The summed E-state index contributed by atoms with van der Waals surface area (Å²) in [5, 5.41) is 6.48. The fourth-order valence-electron chi connectivity index (χ4n) is 3.44. The highest BCUT2D eigenvalue weighted by Gasteiger charge is 2.26. The first kappa shape index (κ1) is 20.6. The predicted molar refractivity (Wildman–Crippen MR) is 111 cm³/mol. The predicted octanol–water partition coefficient (Wildman–Crippen LogP) is 0.901. The van der Waals surface area contributed by atoms with Crippen LogP contribution in [0.3, 0.4) is 0 Å². The Morgan fingerprint density at radius 2 is 2.04 bits per heavy atom. The summed E-state index contributed by atoms with van der Waals surface area (Å²) < 4.78 is 2.19. The van der Waals surface area contributed by atoms with Gasteiger partial charge in [0.05, 0.1) is 6.54 Å². The molecule has 1 aliphatic carbocycles. The molecule has 1 saturated heterocycles. The van der Waals surface area contributed by atoms with E-state index in [1.54, 1.807) is 0 Å². The summed E-state index contributed by atoms with van der Waals surface area (Å²) in [6.45, 7) is 12.9. The second kappa shape index (κ2) is 9.91. The first-order chi connectivity index (χ1) is 13.5. The van der Waals surface area contributed by atoms with E-state index in [0.29, 0.717) is 25.0 Å². The number of piperazine rings is 1. The summed E-state index contributed by atoms with van der Waals surface area (Å²) in [5.74, 6) is 2.67. The summed E-state index contributed by atoms with van der Waals surface area (Å²) in [4.78, 5) is 25.8. The van der Waals surface area contributed by atoms with Crippen LogP contribution in [0.15, 0.2) is 17.4 Å². The van der Waals surface area contributed by atoms with Gasteiger partial charge in [-0.05, 0) is 25.7 Å². The number of rotatable bonds is 8. The smallest absolute Gasteiger partial charge is 0.234 e. The van der Waals surface area contributed by atoms with E-state index in [2.05, 4.69) is 50.8 Å². The minimum atomic E-state index is 0.161. The summed E-state index contributed by atoms with van der Waals surface area (Å²) in [5.41, 5.74) is 0. The van der Waals surface area contributed by atoms with E-state index in [-0.39, 0.29) is 5.91 Å². The van der Waals surface area contributed by atoms with Crippen LogP contribution < -0.4 is 10.6 Å². The molecular weight excluding hydrogens is 354 g/mol. The van der Waals surface area contributed by atoms with Crippen LogP contribution in [0.25, 0.3) is 0 Å². The lowest BCUT2D eigenvalue weighted by molar-refractivity contribution is -0.122. The Hall–Kier alpha value is -2.09. The lowest BCUT2D eigenvalue weighted by Crippen LogP contribution is -2.54. The minimum absolute atomic E-state index is 0.161. The number of aromatic nitrogens is 2. The third-order valence-corrected chi connectivity index (χ3v) is 5.05. The van der Waals surface area contributed by atoms with Crippen molar-refractivity contribution in [1.82, 2.24) is 30.0 Å². The van der Waals surface area contributed by atoms with Crippen molar-refractivity contribution in [3.8, 4) is 0 Å². The van der Waals surface area contributed by atoms with Crippen LogP contribution in [-0.4, -0.2) is 76.5 Å². The molecule has 156 valence electrons. The van der Waals surface area contributed by atoms with Crippen LogP contribution in [0.2, 0.25) is 0 Å². The molecular formula is C20H35N7O. The molecule has 0 bridgehead atoms. The molecule has 2 N–H and O–H groups in total. The molecule has 1 aromatic heterocycles. The zero-order valence-corrected chi connectivity index (χ0v) is 17.5. The van der Waals surface area contributed by atoms with Gasteiger partial charge in [-0.1, -0.05) is 13.8 Å². The summed E-state index contributed by atoms with van der Waals surface area (Å²) >= 11 is 0. The van der Waals surface area contributed by atoms with Crippen molar-refractivity contribution in [3.05, 3.63) is 18.2 Å². The molecule has 8 nitrogen and oxygen atoms in total. The standard InChI is InChI=1S/C20H35N7O/c1-4-21-20(23-13-18-22-7-8-27(18)14-16(2)3)26-11-9-25(10-12-26)15-19(28)24-17-5-6-17/h7-8,16-17H,4-6,9-15H2,1-3H3,(H,21,23)(H,24,28). The maximum atomic E-state index is 12.0. The number of hydrogen-bond acceptors (Lipinski definition) is 4. The van der Waals surface area contributed by atoms with Crippen LogP contribution in [0, 0.1) is 5.92 Å². The van der Waals surface area contributed by atoms with Crippen molar-refractivity contribution in [3.63, 3.8) is 0 Å². The Morgan fingerprint density at radius 1 is 1.29 bits per heavy atom. The van der Waals surface area contributed by atoms with E-state index < -0.39 is 0 Å². The van der Waals surface area contributed by atoms with Crippen LogP contribution in [0.1, 0.15) is 39.4 Å². The number of imidazole rings is 1. The van der Waals surface area contributed by atoms with Gasteiger partial charge >= 0.3 is 0 Å². The Labute approximate surface area is 168 Å². The minimum Gasteiger partial charge on any atom is -0.357 e. The summed E-state index contributed by atoms with van der Waals surface area (Å²) in [7, 11) is 0. The Kier molecular flexibility index (Phi) is 7.30. The number of guanidine groups is 1. The number of nitrogens with zero attached hydrogens (tertiary/aromatic N) is 5. The molecule has 2 aliphatic rings. The van der Waals surface area contributed by atoms with E-state index in [1.807, 2.05) is 12.4 Å². The van der Waals surface area contributed by atoms with Crippen LogP contribution >= 0.6 is 0 Å². The van der Waals surface area contributed by atoms with Gasteiger partial charge in [-0.15, -0.1) is 0 Å². The number of hydrogen-bond donors (Lipinski definition) is 2. The average molecular weight is 390 g/mol. The number of carbonyl (C=O) groups is 1. The normalized spacial score (nSPS) is 18.6. The van der Waals surface area contributed by atoms with E-state index in [9.17, 15) is 4.79 Å². The molecule has 1 saturated carbocycles. The highest BCUT2D eigenvalue weighted by molar-refractivity contribution is 5.80. The van der Waals surface area contributed by atoms with Gasteiger partial charge in [0.15, 0.2) is 5.96 Å². The highest BCUT2D eigenvalue weighted by Crippen LogP contribution is 2.18. The molecule has 0 radical (unpaired) electrons. The first-order valence-corrected chi connectivity index (χ1v) is 10.6. The molecule has 1 aliphatic heterocycles. The lowest BCUT2D eigenvalue weighted by Gasteiger charge is -2.36. The summed E-state index contributed by atoms with van der Waals surface area (Å²) in [6, 6.07) is 0.435. The van der Waals surface area contributed by atoms with Crippen molar-refractivity contribution < 1.29 is 4.79 Å². The van der Waals surface area contributed by atoms with Gasteiger partial charge < -0.3 is 20.1 Å². The Balaban J connectivity index is 1.52. The van der Waals surface area contributed by atoms with Crippen molar-refractivity contribution >= 4 is 11.9 Å². The zero-order valence-electron chi connectivity index (χ0n) is 17.5. The molecule has 3 rings (SSSR count). The second-order valence-corrected chi connectivity index (χ2v) is 8.16. The third-order valence-electron chi connectivity index (χ3n) is 5.05. The highest BCUT2D eigenvalue weighted by atomic mass is 16.2. The number of aliphatic imine (C=N–C) groups is 1. The molecule has 0 atom stereocenters. The lowest BCUT2D eigenvalue weighted by atomic mass is 10.2. The Morgan fingerprint density at radius 3 is 2.68 bits per heavy atom. The first-order valence-electron chi connectivity index (χ1n) is 10.6. The molecule has 0 unspecified atom stereocenters. The van der Waals surface area contributed by atoms with Crippen molar-refractivity contribution in [2.24, 2.45) is 10.9 Å². The van der Waals surface area contributed by atoms with E-state index in [0.717, 1.165) is 63.9 Å². The molecule has 8 heteroatoms. The topological polar surface area (TPSA) is 77.8 Å². The van der Waals surface area contributed by atoms with Gasteiger partial charge in [-0.2, -0.15) is 0 Å². The van der Waals surface area contributed by atoms with E-state index in [1.165, 1.54) is 0 Å². The van der Waals surface area contributed by atoms with E-state index >= 15 is 0 Å². The maximum Gasteiger partial charge on any atom is 0.234 e. The van der Waals surface area contributed by atoms with Gasteiger partial charge in [0.1, 0.15) is 12.4 Å². The zero-order chi connectivity index (χ0) is 19.9. The van der Waals surface area contributed by atoms with Gasteiger partial charge in [0.2, 0.25) is 5.91 Å². The van der Waals surface area contributed by atoms with Crippen molar-refractivity contribution in [1.29, 1.82) is 0 Å². The van der Waals surface area contributed by atoms with Crippen LogP contribution in [0.4, 0.5) is 0 Å². The van der Waals surface area contributed by atoms with E-state index in [4.69, 9.17) is 4.99 Å². The van der Waals surface area contributed by atoms with Crippen LogP contribution in [-0.2, 0) is 17.9 Å². The molecule has 1 aromatic rings. The average Bonchev–Trinajstić information content (AvgIpc) is 3.36. The van der Waals surface area contributed by atoms with Crippen molar-refractivity contribution in [2.75, 3.05) is 39.3 Å². The molecule has 28 heavy (non-hydrogen) atoms. The quantitative estimate of drug-likeness (QED) is 0.510. The van der Waals surface area contributed by atoms with Gasteiger partial charge in [-0.25, -0.2) is 9.98 Å². The summed E-state index contributed by atoms with van der Waals surface area (Å²) in [6.07, 6.45) is 6.16. The number of nitrogens with one attached hydrogen (secondary N) is 2. The number of amides is 1. The fourth-order valence-corrected chi connectivity index (χ4v) is 3.44. The monoisotopic (exact) mass is 389 g/mol. The second-order valence-electron chi connectivity index (χ2n) is 8.16. The van der Waals surface area contributed by atoms with Gasteiger partial charge in [0, 0.05) is 57.7 Å².